The molecule has 0 aliphatic carbocycles. The number of rotatable bonds is 4. The highest BCUT2D eigenvalue weighted by atomic mass is 79.9. The molecular weight excluding hydrogens is 434 g/mol. The van der Waals surface area contributed by atoms with Crippen LogP contribution in [0.4, 0.5) is 11.6 Å². The zero-order valence-corrected chi connectivity index (χ0v) is 17.7. The number of anilines is 2. The summed E-state index contributed by atoms with van der Waals surface area (Å²) in [6, 6.07) is 15.3. The van der Waals surface area contributed by atoms with Crippen LogP contribution in [-0.4, -0.2) is 40.3 Å². The van der Waals surface area contributed by atoms with Crippen molar-refractivity contribution in [2.45, 2.75) is 6.54 Å². The van der Waals surface area contributed by atoms with Gasteiger partial charge in [0.2, 0.25) is 0 Å². The van der Waals surface area contributed by atoms with Crippen LogP contribution in [0.5, 0.6) is 0 Å². The van der Waals surface area contributed by atoms with Crippen LogP contribution in [-0.2, 0) is 13.6 Å². The molecule has 7 nitrogen and oxygen atoms in total. The molecular formula is C21H22BrN5O2. The van der Waals surface area contributed by atoms with Crippen molar-refractivity contribution < 1.29 is 0 Å². The Kier molecular flexibility index (Phi) is 5.53. The number of hydrogen-bond donors (Lipinski definition) is 0. The van der Waals surface area contributed by atoms with E-state index in [0.29, 0.717) is 25.5 Å². The second-order valence-corrected chi connectivity index (χ2v) is 7.88. The van der Waals surface area contributed by atoms with Gasteiger partial charge in [-0.2, -0.15) is 0 Å². The van der Waals surface area contributed by atoms with Gasteiger partial charge in [-0.1, -0.05) is 40.2 Å². The lowest BCUT2D eigenvalue weighted by atomic mass is 10.2. The SMILES string of the molecule is Cn1c(=O)cc(N2CCN(c3ccccn3)CC2)n(Cc2ccccc2Br)c1=O. The van der Waals surface area contributed by atoms with Gasteiger partial charge in [0, 0.05) is 50.0 Å². The fourth-order valence-electron chi connectivity index (χ4n) is 3.57. The molecule has 0 radical (unpaired) electrons. The summed E-state index contributed by atoms with van der Waals surface area (Å²) in [5, 5.41) is 0. The smallest absolute Gasteiger partial charge is 0.332 e. The van der Waals surface area contributed by atoms with Crippen LogP contribution in [0, 0.1) is 0 Å². The molecule has 8 heteroatoms. The highest BCUT2D eigenvalue weighted by Gasteiger charge is 2.22. The Labute approximate surface area is 177 Å². The van der Waals surface area contributed by atoms with Crippen LogP contribution in [0.25, 0.3) is 0 Å². The number of halogens is 1. The molecule has 0 bridgehead atoms. The fraction of sp³-hybridized carbons (Fsp3) is 0.286. The molecule has 1 aliphatic rings. The molecule has 3 aromatic rings. The van der Waals surface area contributed by atoms with Gasteiger partial charge in [0.15, 0.2) is 0 Å². The number of nitrogens with zero attached hydrogens (tertiary/aromatic N) is 5. The van der Waals surface area contributed by atoms with Gasteiger partial charge >= 0.3 is 5.69 Å². The molecule has 0 spiro atoms. The van der Waals surface area contributed by atoms with E-state index in [9.17, 15) is 9.59 Å². The Hall–Kier alpha value is -2.87. The average Bonchev–Trinajstić information content (AvgIpc) is 2.76. The first kappa shape index (κ1) is 19.4. The summed E-state index contributed by atoms with van der Waals surface area (Å²) in [6.45, 7) is 3.35. The van der Waals surface area contributed by atoms with E-state index in [0.717, 1.165) is 33.5 Å². The van der Waals surface area contributed by atoms with Crippen molar-refractivity contribution in [3.05, 3.63) is 85.6 Å². The number of pyridine rings is 1. The molecule has 0 unspecified atom stereocenters. The minimum absolute atomic E-state index is 0.291. The first-order valence-corrected chi connectivity index (χ1v) is 10.3. The first-order valence-electron chi connectivity index (χ1n) is 9.50. The number of benzene rings is 1. The molecule has 150 valence electrons. The van der Waals surface area contributed by atoms with Crippen molar-refractivity contribution >= 4 is 27.6 Å². The minimum Gasteiger partial charge on any atom is -0.354 e. The van der Waals surface area contributed by atoms with Crippen LogP contribution in [0.2, 0.25) is 0 Å². The van der Waals surface area contributed by atoms with E-state index < -0.39 is 0 Å². The maximum absolute atomic E-state index is 12.9. The third-order valence-corrected chi connectivity index (χ3v) is 6.01. The third kappa shape index (κ3) is 3.98. The normalized spacial score (nSPS) is 14.3. The summed E-state index contributed by atoms with van der Waals surface area (Å²) in [7, 11) is 1.52. The fourth-order valence-corrected chi connectivity index (χ4v) is 3.98. The molecule has 1 aliphatic heterocycles. The van der Waals surface area contributed by atoms with Crippen LogP contribution in [0.1, 0.15) is 5.56 Å². The zero-order valence-electron chi connectivity index (χ0n) is 16.2. The van der Waals surface area contributed by atoms with Gasteiger partial charge in [0.25, 0.3) is 5.56 Å². The van der Waals surface area contributed by atoms with Crippen molar-refractivity contribution in [2.24, 2.45) is 7.05 Å². The van der Waals surface area contributed by atoms with Gasteiger partial charge in [-0.3, -0.25) is 13.9 Å². The van der Waals surface area contributed by atoms with Crippen molar-refractivity contribution in [1.29, 1.82) is 0 Å². The lowest BCUT2D eigenvalue weighted by molar-refractivity contribution is 0.590. The Morgan fingerprint density at radius 3 is 2.34 bits per heavy atom. The zero-order chi connectivity index (χ0) is 20.4. The maximum atomic E-state index is 12.9. The Bertz CT molecular complexity index is 1120. The highest BCUT2D eigenvalue weighted by Crippen LogP contribution is 2.21. The van der Waals surface area contributed by atoms with Crippen LogP contribution in [0.3, 0.4) is 0 Å². The van der Waals surface area contributed by atoms with Crippen molar-refractivity contribution in [3.8, 4) is 0 Å². The van der Waals surface area contributed by atoms with Crippen LogP contribution < -0.4 is 21.0 Å². The molecule has 0 N–H and O–H groups in total. The summed E-state index contributed by atoms with van der Waals surface area (Å²) in [4.78, 5) is 34.0. The van der Waals surface area contributed by atoms with Gasteiger partial charge < -0.3 is 9.80 Å². The van der Waals surface area contributed by atoms with E-state index in [1.165, 1.54) is 7.05 Å². The Morgan fingerprint density at radius 2 is 1.66 bits per heavy atom. The lowest BCUT2D eigenvalue weighted by Gasteiger charge is -2.37. The molecule has 0 saturated carbocycles. The van der Waals surface area contributed by atoms with E-state index in [4.69, 9.17) is 0 Å². The monoisotopic (exact) mass is 455 g/mol. The number of piperazine rings is 1. The Balaban J connectivity index is 1.64. The molecule has 2 aromatic heterocycles. The van der Waals surface area contributed by atoms with Gasteiger partial charge in [-0.15, -0.1) is 0 Å². The van der Waals surface area contributed by atoms with Gasteiger partial charge in [-0.05, 0) is 23.8 Å². The Morgan fingerprint density at radius 1 is 0.966 bits per heavy atom. The molecule has 1 fully saturated rings. The van der Waals surface area contributed by atoms with Crippen LogP contribution in [0.15, 0.2) is 68.8 Å². The summed E-state index contributed by atoms with van der Waals surface area (Å²) in [5.74, 6) is 1.61. The molecule has 0 amide bonds. The third-order valence-electron chi connectivity index (χ3n) is 5.24. The summed E-state index contributed by atoms with van der Waals surface area (Å²) >= 11 is 3.55. The molecule has 4 rings (SSSR count). The van der Waals surface area contributed by atoms with Gasteiger partial charge in [-0.25, -0.2) is 9.78 Å². The second kappa shape index (κ2) is 8.24. The molecule has 1 aromatic carbocycles. The maximum Gasteiger partial charge on any atom is 0.332 e. The highest BCUT2D eigenvalue weighted by molar-refractivity contribution is 9.10. The van der Waals surface area contributed by atoms with E-state index in [1.807, 2.05) is 42.5 Å². The van der Waals surface area contributed by atoms with E-state index >= 15 is 0 Å². The second-order valence-electron chi connectivity index (χ2n) is 7.02. The van der Waals surface area contributed by atoms with E-state index in [1.54, 1.807) is 16.8 Å². The van der Waals surface area contributed by atoms with Gasteiger partial charge in [0.1, 0.15) is 11.6 Å². The van der Waals surface area contributed by atoms with Crippen molar-refractivity contribution in [1.82, 2.24) is 14.1 Å². The number of aromatic nitrogens is 3. The molecule has 3 heterocycles. The van der Waals surface area contributed by atoms with Crippen molar-refractivity contribution in [3.63, 3.8) is 0 Å². The summed E-state index contributed by atoms with van der Waals surface area (Å²) < 4.78 is 3.77. The lowest BCUT2D eigenvalue weighted by Crippen LogP contribution is -2.50. The molecule has 29 heavy (non-hydrogen) atoms. The summed E-state index contributed by atoms with van der Waals surface area (Å²) in [5.41, 5.74) is 0.387. The van der Waals surface area contributed by atoms with E-state index in [2.05, 4.69) is 30.7 Å². The minimum atomic E-state index is -0.310. The molecule has 0 atom stereocenters. The van der Waals surface area contributed by atoms with Crippen LogP contribution >= 0.6 is 15.9 Å². The predicted molar refractivity (Wildman–Crippen MR) is 118 cm³/mol. The number of hydrogen-bond acceptors (Lipinski definition) is 5. The van der Waals surface area contributed by atoms with Crippen molar-refractivity contribution in [2.75, 3.05) is 36.0 Å². The largest absolute Gasteiger partial charge is 0.354 e. The summed E-state index contributed by atoms with van der Waals surface area (Å²) in [6.07, 6.45) is 1.79. The van der Waals surface area contributed by atoms with E-state index in [-0.39, 0.29) is 11.2 Å². The average molecular weight is 456 g/mol. The quantitative estimate of drug-likeness (QED) is 0.602. The topological polar surface area (TPSA) is 63.4 Å². The molecule has 1 saturated heterocycles. The first-order chi connectivity index (χ1) is 14.0. The predicted octanol–water partition coefficient (Wildman–Crippen LogP) is 2.08. The van der Waals surface area contributed by atoms with Gasteiger partial charge in [0.05, 0.1) is 6.54 Å². The standard InChI is InChI=1S/C21H22BrN5O2/c1-24-20(28)14-19(27(21(24)29)15-16-6-2-3-7-17(16)22)26-12-10-25(11-13-26)18-8-4-5-9-23-18/h2-9,14H,10-13,15H2,1H3.